The highest BCUT2D eigenvalue weighted by molar-refractivity contribution is 7.45. The summed E-state index contributed by atoms with van der Waals surface area (Å²) in [5.74, 6) is -0.347. The number of ether oxygens (including phenoxy) is 2. The van der Waals surface area contributed by atoms with Crippen LogP contribution in [0.3, 0.4) is 0 Å². The van der Waals surface area contributed by atoms with Crippen LogP contribution < -0.4 is 4.89 Å². The Balaban J connectivity index is 4.17. The van der Waals surface area contributed by atoms with E-state index in [-0.39, 0.29) is 25.8 Å². The molecule has 0 aromatic carbocycles. The van der Waals surface area contributed by atoms with Crippen LogP contribution in [0.4, 0.5) is 0 Å². The number of nitrogens with zero attached hydrogens (tertiary/aromatic N) is 1. The molecule has 0 aromatic heterocycles. The second-order valence-corrected chi connectivity index (χ2v) is 19.9. The standard InChI is InChI=1S/C56H100NO7P/c1-6-8-10-12-14-16-18-20-22-24-26-27-28-29-30-31-32-33-35-37-39-41-43-45-47-49-56(58)64-55(54-63-65(59,60)62-52-50-57(3,4)5)53-61-51-48-46-44-42-40-38-36-34-25-23-21-19-17-15-13-11-9-7-2/h9,11,15,17-18,20-21,23-24,26,28-29,34,36,55H,6-8,10,12-14,16,19,22,25,27,30-33,35,37-54H2,1-5H3/b11-9-,17-15-,20-18-,23-21-,26-24-,29-28-,36-34-. The van der Waals surface area contributed by atoms with E-state index in [1.807, 2.05) is 21.1 Å². The van der Waals surface area contributed by atoms with E-state index in [1.165, 1.54) is 103 Å². The number of phosphoric ester groups is 1. The van der Waals surface area contributed by atoms with Gasteiger partial charge < -0.3 is 27.9 Å². The Morgan fingerprint density at radius 1 is 0.492 bits per heavy atom. The maximum atomic E-state index is 12.8. The molecule has 0 spiro atoms. The third-order valence-electron chi connectivity index (χ3n) is 10.9. The molecule has 0 aliphatic carbocycles. The third-order valence-corrected chi connectivity index (χ3v) is 11.9. The summed E-state index contributed by atoms with van der Waals surface area (Å²) < 4.78 is 34.7. The molecular formula is C56H100NO7P. The van der Waals surface area contributed by atoms with E-state index in [1.54, 1.807) is 0 Å². The first-order valence-electron chi connectivity index (χ1n) is 26.3. The smallest absolute Gasteiger partial charge is 0.306 e. The normalized spacial score (nSPS) is 14.2. The Kier molecular flexibility index (Phi) is 46.4. The highest BCUT2D eigenvalue weighted by atomic mass is 31.2. The van der Waals surface area contributed by atoms with E-state index in [2.05, 4.69) is 98.9 Å². The molecule has 0 aliphatic rings. The van der Waals surface area contributed by atoms with E-state index in [0.29, 0.717) is 24.1 Å². The molecule has 65 heavy (non-hydrogen) atoms. The molecule has 0 aliphatic heterocycles. The molecule has 8 nitrogen and oxygen atoms in total. The molecule has 0 bridgehead atoms. The van der Waals surface area contributed by atoms with Crippen molar-refractivity contribution in [2.45, 2.75) is 213 Å². The number of carbonyl (C=O) groups excluding carboxylic acids is 1. The van der Waals surface area contributed by atoms with Gasteiger partial charge in [0.15, 0.2) is 0 Å². The van der Waals surface area contributed by atoms with E-state index < -0.39 is 13.9 Å². The van der Waals surface area contributed by atoms with Gasteiger partial charge in [-0.2, -0.15) is 0 Å². The second-order valence-electron chi connectivity index (χ2n) is 18.5. The fourth-order valence-corrected chi connectivity index (χ4v) is 7.63. The molecule has 0 aromatic rings. The summed E-state index contributed by atoms with van der Waals surface area (Å²) in [6, 6.07) is 0. The summed E-state index contributed by atoms with van der Waals surface area (Å²) in [6.45, 7) is 5.23. The summed E-state index contributed by atoms with van der Waals surface area (Å²) in [5.41, 5.74) is 0. The van der Waals surface area contributed by atoms with Gasteiger partial charge in [-0.1, -0.05) is 195 Å². The predicted molar refractivity (Wildman–Crippen MR) is 277 cm³/mol. The molecule has 0 saturated carbocycles. The summed E-state index contributed by atoms with van der Waals surface area (Å²) in [6.07, 6.45) is 64.7. The van der Waals surface area contributed by atoms with E-state index >= 15 is 0 Å². The SMILES string of the molecule is CC/C=C\C/C=C\C/C=C\C/C=C\CCCCCCCOCC(COP(=O)([O-])OCC[N+](C)(C)C)OC(=O)CCCCCCCCCCCC/C=C\C/C=C\C/C=C\CCCCCCC. The Morgan fingerprint density at radius 3 is 1.34 bits per heavy atom. The number of allylic oxidation sites excluding steroid dienone is 14. The molecule has 9 heteroatoms. The van der Waals surface area contributed by atoms with Gasteiger partial charge in [0.05, 0.1) is 34.4 Å². The van der Waals surface area contributed by atoms with Gasteiger partial charge in [-0.3, -0.25) is 9.36 Å². The van der Waals surface area contributed by atoms with Crippen molar-refractivity contribution in [3.8, 4) is 0 Å². The zero-order valence-corrected chi connectivity index (χ0v) is 43.6. The first-order chi connectivity index (χ1) is 31.6. The number of unbranched alkanes of at least 4 members (excludes halogenated alkanes) is 20. The molecule has 0 N–H and O–H groups in total. The second kappa shape index (κ2) is 48.1. The van der Waals surface area contributed by atoms with Crippen LogP contribution in [0.2, 0.25) is 0 Å². The first-order valence-corrected chi connectivity index (χ1v) is 27.8. The largest absolute Gasteiger partial charge is 0.756 e. The monoisotopic (exact) mass is 930 g/mol. The van der Waals surface area contributed by atoms with Crippen molar-refractivity contribution in [3.63, 3.8) is 0 Å². The van der Waals surface area contributed by atoms with Gasteiger partial charge in [0.25, 0.3) is 7.82 Å². The minimum absolute atomic E-state index is 0.0169. The summed E-state index contributed by atoms with van der Waals surface area (Å²) in [5, 5.41) is 0. The minimum atomic E-state index is -4.54. The Labute approximate surface area is 401 Å². The first kappa shape index (κ1) is 62.7. The van der Waals surface area contributed by atoms with E-state index in [9.17, 15) is 14.3 Å². The Hall–Kier alpha value is -2.32. The predicted octanol–water partition coefficient (Wildman–Crippen LogP) is 15.8. The van der Waals surface area contributed by atoms with E-state index in [0.717, 1.165) is 83.5 Å². The fraction of sp³-hybridized carbons (Fsp3) is 0.732. The van der Waals surface area contributed by atoms with Crippen molar-refractivity contribution >= 4 is 13.8 Å². The Morgan fingerprint density at radius 2 is 0.892 bits per heavy atom. The molecule has 376 valence electrons. The van der Waals surface area contributed by atoms with Gasteiger partial charge in [0.1, 0.15) is 19.3 Å². The number of hydrogen-bond donors (Lipinski definition) is 0. The van der Waals surface area contributed by atoms with Crippen LogP contribution >= 0.6 is 7.82 Å². The molecule has 0 saturated heterocycles. The van der Waals surface area contributed by atoms with E-state index in [4.69, 9.17) is 18.5 Å². The van der Waals surface area contributed by atoms with Crippen LogP contribution in [-0.4, -0.2) is 70.7 Å². The molecule has 2 unspecified atom stereocenters. The lowest BCUT2D eigenvalue weighted by Crippen LogP contribution is -2.37. The number of hydrogen-bond acceptors (Lipinski definition) is 7. The van der Waals surface area contributed by atoms with Crippen LogP contribution in [0.25, 0.3) is 0 Å². The van der Waals surface area contributed by atoms with Crippen LogP contribution in [0, 0.1) is 0 Å². The van der Waals surface area contributed by atoms with Crippen LogP contribution in [-0.2, 0) is 27.9 Å². The highest BCUT2D eigenvalue weighted by Gasteiger charge is 2.20. The summed E-state index contributed by atoms with van der Waals surface area (Å²) in [4.78, 5) is 25.2. The zero-order chi connectivity index (χ0) is 47.6. The lowest BCUT2D eigenvalue weighted by Gasteiger charge is -2.28. The molecule has 0 heterocycles. The summed E-state index contributed by atoms with van der Waals surface area (Å²) in [7, 11) is 1.33. The lowest BCUT2D eigenvalue weighted by molar-refractivity contribution is -0.870. The lowest BCUT2D eigenvalue weighted by atomic mass is 10.0. The number of esters is 1. The van der Waals surface area contributed by atoms with Crippen LogP contribution in [0.1, 0.15) is 206 Å². The molecule has 0 amide bonds. The molecular weight excluding hydrogens is 830 g/mol. The molecule has 0 fully saturated rings. The quantitative estimate of drug-likeness (QED) is 0.0197. The fourth-order valence-electron chi connectivity index (χ4n) is 6.90. The van der Waals surface area contributed by atoms with Gasteiger partial charge in [-0.05, 0) is 89.9 Å². The molecule has 2 atom stereocenters. The van der Waals surface area contributed by atoms with Crippen LogP contribution in [0.5, 0.6) is 0 Å². The maximum absolute atomic E-state index is 12.8. The minimum Gasteiger partial charge on any atom is -0.756 e. The Bertz CT molecular complexity index is 1310. The van der Waals surface area contributed by atoms with Gasteiger partial charge in [0.2, 0.25) is 0 Å². The number of rotatable bonds is 48. The third kappa shape index (κ3) is 52.5. The van der Waals surface area contributed by atoms with Gasteiger partial charge in [-0.15, -0.1) is 0 Å². The van der Waals surface area contributed by atoms with Crippen LogP contribution in [0.15, 0.2) is 85.1 Å². The maximum Gasteiger partial charge on any atom is 0.306 e. The summed E-state index contributed by atoms with van der Waals surface area (Å²) >= 11 is 0. The zero-order valence-electron chi connectivity index (χ0n) is 42.7. The number of quaternary nitrogens is 1. The number of likely N-dealkylation sites (N-methyl/N-ethyl adjacent to an activating group) is 1. The van der Waals surface area contributed by atoms with Gasteiger partial charge >= 0.3 is 5.97 Å². The van der Waals surface area contributed by atoms with Crippen molar-refractivity contribution in [3.05, 3.63) is 85.1 Å². The van der Waals surface area contributed by atoms with Gasteiger partial charge in [-0.25, -0.2) is 0 Å². The van der Waals surface area contributed by atoms with Crippen molar-refractivity contribution in [1.82, 2.24) is 0 Å². The molecule has 0 rings (SSSR count). The van der Waals surface area contributed by atoms with Crippen molar-refractivity contribution in [2.75, 3.05) is 54.1 Å². The average Bonchev–Trinajstić information content (AvgIpc) is 3.27. The topological polar surface area (TPSA) is 94.1 Å². The number of phosphoric acid groups is 1. The van der Waals surface area contributed by atoms with Crippen molar-refractivity contribution in [1.29, 1.82) is 0 Å². The van der Waals surface area contributed by atoms with Crippen molar-refractivity contribution < 1.29 is 37.3 Å². The van der Waals surface area contributed by atoms with Gasteiger partial charge in [0, 0.05) is 13.0 Å². The molecule has 0 radical (unpaired) electrons. The highest BCUT2D eigenvalue weighted by Crippen LogP contribution is 2.38. The number of carbonyl (C=O) groups is 1. The average molecular weight is 930 g/mol. The van der Waals surface area contributed by atoms with Crippen molar-refractivity contribution in [2.24, 2.45) is 0 Å².